The van der Waals surface area contributed by atoms with Crippen molar-refractivity contribution >= 4 is 11.7 Å². The van der Waals surface area contributed by atoms with Crippen LogP contribution in [0, 0.1) is 11.8 Å². The van der Waals surface area contributed by atoms with Gasteiger partial charge in [-0.05, 0) is 64.6 Å². The normalized spacial score (nSPS) is 21.4. The molecule has 45 heavy (non-hydrogen) atoms. The molecule has 5 aromatic rings. The molecule has 216 valence electrons. The first-order valence-corrected chi connectivity index (χ1v) is 15.5. The summed E-state index contributed by atoms with van der Waals surface area (Å²) in [7, 11) is 0. The monoisotopic (exact) mass is 582 g/mol. The van der Waals surface area contributed by atoms with E-state index in [1.54, 1.807) is 6.20 Å². The second-order valence-electron chi connectivity index (χ2n) is 12.1. The highest BCUT2D eigenvalue weighted by molar-refractivity contribution is 6.15. The first-order chi connectivity index (χ1) is 22.2. The van der Waals surface area contributed by atoms with Gasteiger partial charge < -0.3 is 10.1 Å². The highest BCUT2D eigenvalue weighted by Crippen LogP contribution is 2.62. The summed E-state index contributed by atoms with van der Waals surface area (Å²) >= 11 is 0. The Bertz CT molecular complexity index is 2060. The minimum absolute atomic E-state index is 0.138. The van der Waals surface area contributed by atoms with E-state index >= 15 is 0 Å². The first kappa shape index (κ1) is 25.9. The van der Waals surface area contributed by atoms with Crippen molar-refractivity contribution in [2.45, 2.75) is 18.5 Å². The van der Waals surface area contributed by atoms with Crippen LogP contribution < -0.4 is 10.1 Å². The van der Waals surface area contributed by atoms with E-state index in [-0.39, 0.29) is 12.1 Å². The minimum Gasteiger partial charge on any atom is -0.457 e. The number of allylic oxidation sites excluding steroid dienone is 3. The molecule has 0 radical (unpaired) electrons. The molecule has 4 aromatic carbocycles. The smallest absolute Gasteiger partial charge is 0.155 e. The molecule has 5 heteroatoms. The molecule has 0 saturated carbocycles. The van der Waals surface area contributed by atoms with E-state index in [1.165, 1.54) is 22.3 Å². The summed E-state index contributed by atoms with van der Waals surface area (Å²) in [6.45, 7) is 2.23. The highest BCUT2D eigenvalue weighted by Gasteiger charge is 2.51. The number of benzene rings is 4. The van der Waals surface area contributed by atoms with Crippen molar-refractivity contribution in [3.05, 3.63) is 173 Å². The zero-order valence-corrected chi connectivity index (χ0v) is 24.8. The van der Waals surface area contributed by atoms with Gasteiger partial charge in [-0.1, -0.05) is 104 Å². The molecular weight excluding hydrogens is 552 g/mol. The molecule has 0 fully saturated rings. The van der Waals surface area contributed by atoms with Gasteiger partial charge in [0.1, 0.15) is 23.0 Å². The number of amidine groups is 2. The van der Waals surface area contributed by atoms with Gasteiger partial charge in [0.15, 0.2) is 12.0 Å². The van der Waals surface area contributed by atoms with E-state index in [2.05, 4.69) is 126 Å². The quantitative estimate of drug-likeness (QED) is 0.229. The average molecular weight is 583 g/mol. The third-order valence-electron chi connectivity index (χ3n) is 9.60. The van der Waals surface area contributed by atoms with Crippen LogP contribution in [0.1, 0.15) is 40.4 Å². The van der Waals surface area contributed by atoms with E-state index in [4.69, 9.17) is 14.7 Å². The van der Waals surface area contributed by atoms with E-state index in [9.17, 15) is 0 Å². The van der Waals surface area contributed by atoms with Crippen molar-refractivity contribution in [2.24, 2.45) is 21.8 Å². The van der Waals surface area contributed by atoms with Gasteiger partial charge in [-0.25, -0.2) is 9.98 Å². The van der Waals surface area contributed by atoms with E-state index in [0.29, 0.717) is 5.92 Å². The van der Waals surface area contributed by atoms with Crippen molar-refractivity contribution in [1.29, 1.82) is 0 Å². The number of aliphatic imine (C=N–C) groups is 2. The Morgan fingerprint density at radius 1 is 0.644 bits per heavy atom. The number of nitrogens with zero attached hydrogens (tertiary/aromatic N) is 3. The summed E-state index contributed by atoms with van der Waals surface area (Å²) in [6.07, 6.45) is 10.2. The number of rotatable bonds is 3. The van der Waals surface area contributed by atoms with Gasteiger partial charge in [-0.3, -0.25) is 4.98 Å². The van der Waals surface area contributed by atoms with Crippen molar-refractivity contribution < 1.29 is 4.74 Å². The SMILES string of the molecule is CC1C=CC=CC1C1N=C(c2ccc3c(c2)C2(c4ccccc4O3)c3ccccc3-c3ccccc32)NC(c2ccccn2)=N1. The third-order valence-corrected chi connectivity index (χ3v) is 9.60. The van der Waals surface area contributed by atoms with Crippen molar-refractivity contribution in [3.8, 4) is 22.6 Å². The van der Waals surface area contributed by atoms with Crippen molar-refractivity contribution in [1.82, 2.24) is 10.3 Å². The minimum atomic E-state index is -0.536. The van der Waals surface area contributed by atoms with Crippen LogP contribution >= 0.6 is 0 Å². The largest absolute Gasteiger partial charge is 0.457 e. The molecule has 0 bridgehead atoms. The Balaban J connectivity index is 1.26. The fourth-order valence-electron chi connectivity index (χ4n) is 7.53. The Labute approximate surface area is 262 Å². The standard InChI is InChI=1S/C40H30N4O/c1-25-12-2-3-13-27(25)38-42-37(43-39(44-38)34-19-10-11-23-41-34)26-21-22-36-33(24-26)40(32-18-8-9-20-35(32)45-36)30-16-6-4-14-28(30)29-15-5-7-17-31(29)40/h2-25,27,38H,1H3,(H,42,43,44). The first-order valence-electron chi connectivity index (χ1n) is 15.5. The highest BCUT2D eigenvalue weighted by atomic mass is 16.5. The van der Waals surface area contributed by atoms with Crippen molar-refractivity contribution in [3.63, 3.8) is 0 Å². The molecule has 4 aliphatic rings. The molecular formula is C40H30N4O. The maximum Gasteiger partial charge on any atom is 0.155 e. The summed E-state index contributed by atoms with van der Waals surface area (Å²) in [5.74, 6) is 3.68. The molecule has 1 N–H and O–H groups in total. The Morgan fingerprint density at radius 2 is 1.31 bits per heavy atom. The van der Waals surface area contributed by atoms with Crippen LogP contribution in [-0.2, 0) is 5.41 Å². The molecule has 3 atom stereocenters. The summed E-state index contributed by atoms with van der Waals surface area (Å²) in [6, 6.07) is 38.4. The average Bonchev–Trinajstić information content (AvgIpc) is 3.39. The van der Waals surface area contributed by atoms with E-state index < -0.39 is 5.41 Å². The molecule has 1 spiro atoms. The topological polar surface area (TPSA) is 58.9 Å². The van der Waals surface area contributed by atoms with Crippen LogP contribution in [0.3, 0.4) is 0 Å². The molecule has 3 unspecified atom stereocenters. The van der Waals surface area contributed by atoms with Gasteiger partial charge in [0, 0.05) is 28.8 Å². The summed E-state index contributed by atoms with van der Waals surface area (Å²) < 4.78 is 6.65. The lowest BCUT2D eigenvalue weighted by Gasteiger charge is -2.39. The summed E-state index contributed by atoms with van der Waals surface area (Å²) in [5.41, 5.74) is 8.53. The van der Waals surface area contributed by atoms with Crippen LogP contribution in [0.15, 0.2) is 150 Å². The molecule has 0 amide bonds. The van der Waals surface area contributed by atoms with Gasteiger partial charge >= 0.3 is 0 Å². The third kappa shape index (κ3) is 3.83. The molecule has 1 aromatic heterocycles. The predicted molar refractivity (Wildman–Crippen MR) is 179 cm³/mol. The number of para-hydroxylation sites is 1. The van der Waals surface area contributed by atoms with Gasteiger partial charge in [0.2, 0.25) is 0 Å². The Morgan fingerprint density at radius 3 is 2.07 bits per heavy atom. The maximum absolute atomic E-state index is 6.65. The summed E-state index contributed by atoms with van der Waals surface area (Å²) in [5, 5.41) is 3.57. The Hall–Kier alpha value is -5.55. The molecule has 0 saturated heterocycles. The summed E-state index contributed by atoms with van der Waals surface area (Å²) in [4.78, 5) is 15.0. The lowest BCUT2D eigenvalue weighted by atomic mass is 9.66. The second-order valence-corrected chi connectivity index (χ2v) is 12.1. The van der Waals surface area contributed by atoms with Crippen LogP contribution in [-0.4, -0.2) is 22.8 Å². The van der Waals surface area contributed by atoms with Crippen LogP contribution in [0.25, 0.3) is 11.1 Å². The van der Waals surface area contributed by atoms with Gasteiger partial charge in [0.25, 0.3) is 0 Å². The number of hydrogen-bond donors (Lipinski definition) is 1. The van der Waals surface area contributed by atoms with E-state index in [0.717, 1.165) is 45.6 Å². The molecule has 3 heterocycles. The zero-order chi connectivity index (χ0) is 30.0. The van der Waals surface area contributed by atoms with Crippen LogP contribution in [0.5, 0.6) is 11.5 Å². The zero-order valence-electron chi connectivity index (χ0n) is 24.8. The van der Waals surface area contributed by atoms with Gasteiger partial charge in [0.05, 0.1) is 5.41 Å². The van der Waals surface area contributed by atoms with E-state index in [1.807, 2.05) is 24.3 Å². The fourth-order valence-corrected chi connectivity index (χ4v) is 7.53. The van der Waals surface area contributed by atoms with Crippen molar-refractivity contribution in [2.75, 3.05) is 0 Å². The maximum atomic E-state index is 6.65. The second kappa shape index (κ2) is 10.00. The van der Waals surface area contributed by atoms with Crippen LogP contribution in [0.2, 0.25) is 0 Å². The lowest BCUT2D eigenvalue weighted by Crippen LogP contribution is -2.41. The lowest BCUT2D eigenvalue weighted by molar-refractivity contribution is 0.422. The molecule has 5 nitrogen and oxygen atoms in total. The number of ether oxygens (including phenoxy) is 1. The fraction of sp³-hybridized carbons (Fsp3) is 0.125. The number of nitrogens with one attached hydrogen (secondary N) is 1. The number of hydrogen-bond acceptors (Lipinski definition) is 5. The number of fused-ring (bicyclic) bond motifs is 9. The number of pyridine rings is 1. The number of aromatic nitrogens is 1. The molecule has 2 aliphatic carbocycles. The van der Waals surface area contributed by atoms with Crippen LogP contribution in [0.4, 0.5) is 0 Å². The molecule has 2 aliphatic heterocycles. The Kier molecular flexibility index (Phi) is 5.75. The molecule has 9 rings (SSSR count). The van der Waals surface area contributed by atoms with Gasteiger partial charge in [-0.2, -0.15) is 0 Å². The van der Waals surface area contributed by atoms with Gasteiger partial charge in [-0.15, -0.1) is 0 Å². The predicted octanol–water partition coefficient (Wildman–Crippen LogP) is 8.05.